The fraction of sp³-hybridized carbons (Fsp3) is 0.227. The summed E-state index contributed by atoms with van der Waals surface area (Å²) in [6.07, 6.45) is 2.89. The number of rotatable bonds is 2. The largest absolute Gasteiger partial charge is 0.356 e. The fourth-order valence-electron chi connectivity index (χ4n) is 4.25. The molecular weight excluding hydrogens is 352 g/mol. The maximum atomic E-state index is 13.1. The average Bonchev–Trinajstić information content (AvgIpc) is 3.10. The van der Waals surface area contributed by atoms with Crippen molar-refractivity contribution in [1.29, 1.82) is 0 Å². The Bertz CT molecular complexity index is 1280. The van der Waals surface area contributed by atoms with Crippen molar-refractivity contribution < 1.29 is 4.79 Å². The minimum atomic E-state index is -0.261. The first-order valence-electron chi connectivity index (χ1n) is 9.50. The predicted molar refractivity (Wildman–Crippen MR) is 108 cm³/mol. The number of amides is 1. The van der Waals surface area contributed by atoms with E-state index in [2.05, 4.69) is 27.5 Å². The van der Waals surface area contributed by atoms with Gasteiger partial charge in [0.1, 0.15) is 0 Å². The molecule has 0 saturated heterocycles. The van der Waals surface area contributed by atoms with E-state index >= 15 is 0 Å². The van der Waals surface area contributed by atoms with Gasteiger partial charge in [0.2, 0.25) is 0 Å². The molecule has 1 atom stereocenters. The summed E-state index contributed by atoms with van der Waals surface area (Å²) >= 11 is 0. The van der Waals surface area contributed by atoms with Gasteiger partial charge in [-0.1, -0.05) is 36.4 Å². The number of para-hydroxylation sites is 1. The lowest BCUT2D eigenvalue weighted by Gasteiger charge is -2.24. The number of aromatic nitrogens is 3. The van der Waals surface area contributed by atoms with Crippen LogP contribution in [0.2, 0.25) is 0 Å². The Hall–Kier alpha value is -3.41. The lowest BCUT2D eigenvalue weighted by molar-refractivity contribution is 0.0926. The van der Waals surface area contributed by atoms with E-state index in [1.807, 2.05) is 18.2 Å². The second-order valence-electron chi connectivity index (χ2n) is 7.30. The molecular formula is C22H20N4O2. The lowest BCUT2D eigenvalue weighted by atomic mass is 9.91. The van der Waals surface area contributed by atoms with Crippen molar-refractivity contribution in [2.75, 3.05) is 0 Å². The zero-order chi connectivity index (χ0) is 19.3. The van der Waals surface area contributed by atoms with Crippen LogP contribution in [0.25, 0.3) is 21.7 Å². The first-order valence-corrected chi connectivity index (χ1v) is 9.50. The molecule has 1 aliphatic rings. The summed E-state index contributed by atoms with van der Waals surface area (Å²) in [5.41, 5.74) is 3.53. The molecule has 0 unspecified atom stereocenters. The molecule has 28 heavy (non-hydrogen) atoms. The summed E-state index contributed by atoms with van der Waals surface area (Å²) < 4.78 is 1.23. The summed E-state index contributed by atoms with van der Waals surface area (Å²) in [4.78, 5) is 28.9. The van der Waals surface area contributed by atoms with Gasteiger partial charge in [-0.3, -0.25) is 9.59 Å². The van der Waals surface area contributed by atoms with E-state index in [-0.39, 0.29) is 23.2 Å². The van der Waals surface area contributed by atoms with Gasteiger partial charge >= 0.3 is 0 Å². The molecule has 0 bridgehead atoms. The highest BCUT2D eigenvalue weighted by Crippen LogP contribution is 2.34. The number of carbonyl (C=O) groups excluding carboxylic acids is 1. The Morgan fingerprint density at radius 1 is 1.11 bits per heavy atom. The quantitative estimate of drug-likeness (QED) is 0.567. The van der Waals surface area contributed by atoms with Crippen LogP contribution in [-0.2, 0) is 13.5 Å². The van der Waals surface area contributed by atoms with Crippen molar-refractivity contribution >= 4 is 27.6 Å². The Morgan fingerprint density at radius 3 is 2.64 bits per heavy atom. The van der Waals surface area contributed by atoms with Crippen LogP contribution in [-0.4, -0.2) is 20.7 Å². The number of nitrogens with one attached hydrogen (secondary N) is 2. The van der Waals surface area contributed by atoms with Crippen molar-refractivity contribution in [2.45, 2.75) is 25.3 Å². The van der Waals surface area contributed by atoms with Gasteiger partial charge in [0, 0.05) is 29.0 Å². The fourth-order valence-corrected chi connectivity index (χ4v) is 4.25. The van der Waals surface area contributed by atoms with Crippen LogP contribution < -0.4 is 10.9 Å². The van der Waals surface area contributed by atoms with Crippen LogP contribution in [0.3, 0.4) is 0 Å². The van der Waals surface area contributed by atoms with Crippen molar-refractivity contribution in [3.05, 3.63) is 75.8 Å². The zero-order valence-corrected chi connectivity index (χ0v) is 15.5. The Balaban J connectivity index is 1.55. The number of aromatic amines is 1. The second-order valence-corrected chi connectivity index (χ2v) is 7.30. The molecule has 0 spiro atoms. The highest BCUT2D eigenvalue weighted by atomic mass is 16.2. The van der Waals surface area contributed by atoms with E-state index in [0.717, 1.165) is 30.5 Å². The molecule has 0 aliphatic heterocycles. The average molecular weight is 372 g/mol. The van der Waals surface area contributed by atoms with Gasteiger partial charge in [-0.15, -0.1) is 0 Å². The predicted octanol–water partition coefficient (Wildman–Crippen LogP) is 3.22. The van der Waals surface area contributed by atoms with E-state index in [4.69, 9.17) is 0 Å². The van der Waals surface area contributed by atoms with E-state index in [9.17, 15) is 9.59 Å². The Morgan fingerprint density at radius 2 is 1.82 bits per heavy atom. The zero-order valence-electron chi connectivity index (χ0n) is 15.5. The molecule has 5 rings (SSSR count). The molecule has 2 heterocycles. The SMILES string of the molecule is Cn1nc(C(=O)N[C@@H]2CCCc3c2[nH]c2ccccc32)c2ccccc2c1=O. The van der Waals surface area contributed by atoms with E-state index in [1.165, 1.54) is 15.6 Å². The molecule has 6 nitrogen and oxygen atoms in total. The Kier molecular flexibility index (Phi) is 3.79. The molecule has 2 aromatic carbocycles. The van der Waals surface area contributed by atoms with Crippen molar-refractivity contribution in [3.63, 3.8) is 0 Å². The summed E-state index contributed by atoms with van der Waals surface area (Å²) in [5, 5.41) is 9.69. The van der Waals surface area contributed by atoms with Crippen LogP contribution in [0.4, 0.5) is 0 Å². The van der Waals surface area contributed by atoms with Crippen molar-refractivity contribution in [1.82, 2.24) is 20.1 Å². The normalized spacial score (nSPS) is 16.2. The number of hydrogen-bond donors (Lipinski definition) is 2. The number of fused-ring (bicyclic) bond motifs is 4. The van der Waals surface area contributed by atoms with Gasteiger partial charge in [0.05, 0.1) is 11.4 Å². The summed E-state index contributed by atoms with van der Waals surface area (Å²) in [5.74, 6) is -0.261. The number of benzene rings is 2. The molecule has 140 valence electrons. The van der Waals surface area contributed by atoms with Crippen molar-refractivity contribution in [2.24, 2.45) is 7.05 Å². The highest BCUT2D eigenvalue weighted by Gasteiger charge is 2.27. The van der Waals surface area contributed by atoms with Crippen LogP contribution >= 0.6 is 0 Å². The number of nitrogens with zero attached hydrogens (tertiary/aromatic N) is 2. The van der Waals surface area contributed by atoms with E-state index < -0.39 is 0 Å². The third kappa shape index (κ3) is 2.52. The first-order chi connectivity index (χ1) is 13.6. The second kappa shape index (κ2) is 6.34. The monoisotopic (exact) mass is 372 g/mol. The van der Waals surface area contributed by atoms with Crippen LogP contribution in [0.1, 0.15) is 40.6 Å². The third-order valence-electron chi connectivity index (χ3n) is 5.59. The minimum absolute atomic E-state index is 0.0959. The molecule has 0 radical (unpaired) electrons. The molecule has 2 aromatic heterocycles. The van der Waals surface area contributed by atoms with Crippen LogP contribution in [0.5, 0.6) is 0 Å². The molecule has 4 aromatic rings. The highest BCUT2D eigenvalue weighted by molar-refractivity contribution is 6.05. The maximum Gasteiger partial charge on any atom is 0.274 e. The number of hydrogen-bond acceptors (Lipinski definition) is 3. The van der Waals surface area contributed by atoms with E-state index in [1.54, 1.807) is 25.2 Å². The van der Waals surface area contributed by atoms with Gasteiger partial charge in [-0.25, -0.2) is 4.68 Å². The standard InChI is InChI=1S/C22H20N4O2/c1-26-22(28)16-9-3-2-8-15(16)20(25-26)21(27)24-18-12-6-10-14-13-7-4-5-11-17(13)23-19(14)18/h2-5,7-9,11,18,23H,6,10,12H2,1H3,(H,24,27)/t18-/m1/s1. The molecule has 1 amide bonds. The Labute approximate surface area is 161 Å². The number of carbonyl (C=O) groups is 1. The maximum absolute atomic E-state index is 13.1. The smallest absolute Gasteiger partial charge is 0.274 e. The van der Waals surface area contributed by atoms with Gasteiger partial charge in [-0.05, 0) is 37.0 Å². The minimum Gasteiger partial charge on any atom is -0.356 e. The third-order valence-corrected chi connectivity index (χ3v) is 5.59. The molecule has 1 aliphatic carbocycles. The molecule has 6 heteroatoms. The van der Waals surface area contributed by atoms with Gasteiger partial charge in [0.15, 0.2) is 5.69 Å². The number of H-pyrrole nitrogens is 1. The summed E-state index contributed by atoms with van der Waals surface area (Å²) in [6.45, 7) is 0. The summed E-state index contributed by atoms with van der Waals surface area (Å²) in [6, 6.07) is 15.3. The number of aryl methyl sites for hydroxylation is 2. The first kappa shape index (κ1) is 16.7. The molecule has 0 saturated carbocycles. The van der Waals surface area contributed by atoms with Crippen molar-refractivity contribution in [3.8, 4) is 0 Å². The van der Waals surface area contributed by atoms with Gasteiger partial charge in [-0.2, -0.15) is 5.10 Å². The van der Waals surface area contributed by atoms with E-state index in [0.29, 0.717) is 10.8 Å². The molecule has 0 fully saturated rings. The topological polar surface area (TPSA) is 79.8 Å². The molecule has 2 N–H and O–H groups in total. The van der Waals surface area contributed by atoms with Gasteiger partial charge < -0.3 is 10.3 Å². The van der Waals surface area contributed by atoms with Crippen LogP contribution in [0.15, 0.2) is 53.3 Å². The van der Waals surface area contributed by atoms with Gasteiger partial charge in [0.25, 0.3) is 11.5 Å². The lowest BCUT2D eigenvalue weighted by Crippen LogP contribution is -2.33. The van der Waals surface area contributed by atoms with Crippen LogP contribution in [0, 0.1) is 0 Å². The summed E-state index contributed by atoms with van der Waals surface area (Å²) in [7, 11) is 1.57.